The van der Waals surface area contributed by atoms with E-state index in [-0.39, 0.29) is 24.0 Å². The Morgan fingerprint density at radius 2 is 1.94 bits per heavy atom. The molecule has 8 heteroatoms. The normalized spacial score (nSPS) is 8.58. The van der Waals surface area contributed by atoms with E-state index in [2.05, 4.69) is 72.7 Å². The van der Waals surface area contributed by atoms with Gasteiger partial charge in [0.05, 0.1) is 5.56 Å². The molecule has 7 nitrogen and oxygen atoms in total. The number of phenolic OH excluding ortho intramolecular Hbond substituents is 1. The van der Waals surface area contributed by atoms with Crippen LogP contribution in [-0.2, 0) is 6.61 Å². The number of benzene rings is 1. The molecule has 2 heterocycles. The number of hydrogen-bond donors (Lipinski definition) is 2. The zero-order chi connectivity index (χ0) is 26.2. The van der Waals surface area contributed by atoms with Crippen LogP contribution in [0.25, 0.3) is 0 Å². The number of aromatic nitrogens is 2. The van der Waals surface area contributed by atoms with E-state index in [9.17, 15) is 14.7 Å². The first-order chi connectivity index (χ1) is 17.5. The van der Waals surface area contributed by atoms with Gasteiger partial charge in [0.1, 0.15) is 12.4 Å². The smallest absolute Gasteiger partial charge is 0.258 e. The SMILES string of the molecule is C#CC#CC#CC#CC.O=Cc1cc(OCc2ccc(NC(=O)c3cccnc3)nc2)c(O)cc1Br. The molecule has 2 N–H and O–H groups in total. The average molecular weight is 540 g/mol. The van der Waals surface area contributed by atoms with Crippen LogP contribution >= 0.6 is 15.9 Å². The predicted molar refractivity (Wildman–Crippen MR) is 140 cm³/mol. The second kappa shape index (κ2) is 15.0. The summed E-state index contributed by atoms with van der Waals surface area (Å²) in [5.41, 5.74) is 1.53. The molecule has 0 bridgehead atoms. The number of phenols is 1. The van der Waals surface area contributed by atoms with Gasteiger partial charge in [-0.1, -0.05) is 12.0 Å². The van der Waals surface area contributed by atoms with Crippen molar-refractivity contribution in [2.75, 3.05) is 5.32 Å². The molecule has 0 spiro atoms. The van der Waals surface area contributed by atoms with Gasteiger partial charge in [-0.15, -0.1) is 6.42 Å². The molecule has 0 unspecified atom stereocenters. The highest BCUT2D eigenvalue weighted by molar-refractivity contribution is 9.10. The van der Waals surface area contributed by atoms with Crippen LogP contribution < -0.4 is 10.1 Å². The van der Waals surface area contributed by atoms with Crippen molar-refractivity contribution < 1.29 is 19.4 Å². The van der Waals surface area contributed by atoms with Crippen molar-refractivity contribution in [1.29, 1.82) is 0 Å². The summed E-state index contributed by atoms with van der Waals surface area (Å²) >= 11 is 3.19. The first-order valence-electron chi connectivity index (χ1n) is 10.1. The Morgan fingerprint density at radius 1 is 1.17 bits per heavy atom. The minimum absolute atomic E-state index is 0.0826. The largest absolute Gasteiger partial charge is 0.504 e. The van der Waals surface area contributed by atoms with Crippen molar-refractivity contribution in [1.82, 2.24) is 9.97 Å². The molecule has 1 aromatic carbocycles. The molecule has 1 amide bonds. The predicted octanol–water partition coefficient (Wildman–Crippen LogP) is 4.24. The van der Waals surface area contributed by atoms with E-state index in [1.807, 2.05) is 0 Å². The Bertz CT molecular complexity index is 1440. The third-order valence-electron chi connectivity index (χ3n) is 4.04. The van der Waals surface area contributed by atoms with Gasteiger partial charge in [0.25, 0.3) is 5.91 Å². The zero-order valence-corrected chi connectivity index (χ0v) is 20.6. The van der Waals surface area contributed by atoms with Crippen molar-refractivity contribution in [3.63, 3.8) is 0 Å². The summed E-state index contributed by atoms with van der Waals surface area (Å²) in [6.45, 7) is 1.85. The van der Waals surface area contributed by atoms with Gasteiger partial charge < -0.3 is 15.2 Å². The van der Waals surface area contributed by atoms with E-state index in [0.29, 0.717) is 27.7 Å². The van der Waals surface area contributed by atoms with E-state index in [1.165, 1.54) is 18.3 Å². The number of terminal acetylenes is 1. The van der Waals surface area contributed by atoms with Gasteiger partial charge in [-0.3, -0.25) is 14.6 Å². The maximum Gasteiger partial charge on any atom is 0.258 e. The number of ether oxygens (including phenoxy) is 1. The Balaban J connectivity index is 0.000000434. The van der Waals surface area contributed by atoms with Crippen LogP contribution in [0.4, 0.5) is 5.82 Å². The quantitative estimate of drug-likeness (QED) is 0.359. The fourth-order valence-corrected chi connectivity index (χ4v) is 2.81. The van der Waals surface area contributed by atoms with Crippen LogP contribution in [-0.4, -0.2) is 27.3 Å². The highest BCUT2D eigenvalue weighted by Gasteiger charge is 2.10. The summed E-state index contributed by atoms with van der Waals surface area (Å²) in [4.78, 5) is 31.1. The Kier molecular flexibility index (Phi) is 11.3. The van der Waals surface area contributed by atoms with Gasteiger partial charge in [0, 0.05) is 34.2 Å². The monoisotopic (exact) mass is 539 g/mol. The Hall–Kier alpha value is -5.02. The van der Waals surface area contributed by atoms with E-state index in [4.69, 9.17) is 11.2 Å². The van der Waals surface area contributed by atoms with Gasteiger partial charge in [-0.05, 0) is 88.7 Å². The molecular weight excluding hydrogens is 522 g/mol. The van der Waals surface area contributed by atoms with E-state index in [1.54, 1.807) is 43.6 Å². The number of aldehydes is 1. The first kappa shape index (κ1) is 27.2. The molecule has 0 aliphatic heterocycles. The fraction of sp³-hybridized carbons (Fsp3) is 0.0714. The third-order valence-corrected chi connectivity index (χ3v) is 4.72. The lowest BCUT2D eigenvalue weighted by Crippen LogP contribution is -2.13. The van der Waals surface area contributed by atoms with Crippen molar-refractivity contribution >= 4 is 33.9 Å². The molecule has 176 valence electrons. The van der Waals surface area contributed by atoms with Crippen LogP contribution in [0.2, 0.25) is 0 Å². The average Bonchev–Trinajstić information content (AvgIpc) is 2.90. The first-order valence-corrected chi connectivity index (χ1v) is 10.9. The molecule has 3 rings (SSSR count). The molecule has 0 atom stereocenters. The van der Waals surface area contributed by atoms with Crippen molar-refractivity contribution in [3.05, 3.63) is 76.2 Å². The van der Waals surface area contributed by atoms with Crippen LogP contribution in [0.3, 0.4) is 0 Å². The van der Waals surface area contributed by atoms with Crippen LogP contribution in [0, 0.1) is 47.9 Å². The van der Waals surface area contributed by atoms with Crippen LogP contribution in [0.15, 0.2) is 59.5 Å². The number of amides is 1. The summed E-state index contributed by atoms with van der Waals surface area (Å²) in [6.07, 6.45) is 10.1. The van der Waals surface area contributed by atoms with E-state index < -0.39 is 0 Å². The van der Waals surface area contributed by atoms with Gasteiger partial charge in [0.15, 0.2) is 17.8 Å². The summed E-state index contributed by atoms with van der Waals surface area (Å²) < 4.78 is 6.03. The van der Waals surface area contributed by atoms with Gasteiger partial charge >= 0.3 is 0 Å². The second-order valence-corrected chi connectivity index (χ2v) is 7.37. The lowest BCUT2D eigenvalue weighted by atomic mass is 10.2. The minimum atomic E-state index is -0.305. The number of carbonyl (C=O) groups excluding carboxylic acids is 2. The number of hydrogen-bond acceptors (Lipinski definition) is 6. The summed E-state index contributed by atoms with van der Waals surface area (Å²) in [5.74, 6) is 17.2. The lowest BCUT2D eigenvalue weighted by Gasteiger charge is -2.10. The fourth-order valence-electron chi connectivity index (χ4n) is 2.39. The van der Waals surface area contributed by atoms with Gasteiger partial charge in [-0.25, -0.2) is 4.98 Å². The second-order valence-electron chi connectivity index (χ2n) is 6.51. The zero-order valence-electron chi connectivity index (χ0n) is 19.0. The topological polar surface area (TPSA) is 101 Å². The highest BCUT2D eigenvalue weighted by Crippen LogP contribution is 2.32. The number of rotatable bonds is 6. The molecule has 0 saturated heterocycles. The molecule has 0 radical (unpaired) electrons. The maximum absolute atomic E-state index is 12.1. The number of nitrogens with one attached hydrogen (secondary N) is 1. The standard InChI is InChI=1S/C19H14BrN3O4.C9H4/c20-15-7-16(25)17(6-14(15)10-24)27-11-12-3-4-18(22-8-12)23-19(26)13-2-1-5-21-9-13;1-3-5-7-9-8-6-4-2/h1-10,25H,11H2,(H,22,23,26);1H,2H3. The lowest BCUT2D eigenvalue weighted by molar-refractivity contribution is 0.102. The summed E-state index contributed by atoms with van der Waals surface area (Å²) in [6, 6.07) is 9.56. The number of pyridine rings is 2. The molecule has 0 aliphatic rings. The molecule has 3 aromatic rings. The molecule has 0 fully saturated rings. The number of nitrogens with zero attached hydrogens (tertiary/aromatic N) is 2. The summed E-state index contributed by atoms with van der Waals surface area (Å²) in [7, 11) is 0. The van der Waals surface area contributed by atoms with Crippen molar-refractivity contribution in [3.8, 4) is 59.4 Å². The maximum atomic E-state index is 12.1. The number of aromatic hydroxyl groups is 1. The minimum Gasteiger partial charge on any atom is -0.504 e. The van der Waals surface area contributed by atoms with E-state index in [0.717, 1.165) is 5.56 Å². The third kappa shape index (κ3) is 9.08. The summed E-state index contributed by atoms with van der Waals surface area (Å²) in [5, 5.41) is 12.6. The number of anilines is 1. The molecule has 36 heavy (non-hydrogen) atoms. The number of halogens is 1. The van der Waals surface area contributed by atoms with E-state index >= 15 is 0 Å². The van der Waals surface area contributed by atoms with Crippen molar-refractivity contribution in [2.45, 2.75) is 13.5 Å². The number of carbonyl (C=O) groups is 2. The van der Waals surface area contributed by atoms with Gasteiger partial charge in [0.2, 0.25) is 0 Å². The van der Waals surface area contributed by atoms with Crippen LogP contribution in [0.5, 0.6) is 11.5 Å². The molecule has 0 aliphatic carbocycles. The molecule has 0 saturated carbocycles. The van der Waals surface area contributed by atoms with Crippen molar-refractivity contribution in [2.24, 2.45) is 0 Å². The van der Waals surface area contributed by atoms with Gasteiger partial charge in [-0.2, -0.15) is 0 Å². The van der Waals surface area contributed by atoms with Crippen LogP contribution in [0.1, 0.15) is 33.2 Å². The highest BCUT2D eigenvalue weighted by atomic mass is 79.9. The molecular formula is C28H18BrN3O4. The Labute approximate surface area is 217 Å². The Morgan fingerprint density at radius 3 is 2.58 bits per heavy atom. The molecule has 2 aromatic heterocycles.